The van der Waals surface area contributed by atoms with E-state index in [1.165, 1.54) is 295 Å². The number of hydrogen-bond acceptors (Lipinski definition) is 2. The first-order valence-electron chi connectivity index (χ1n) is 44.5. The summed E-state index contributed by atoms with van der Waals surface area (Å²) in [6, 6.07) is 101. The van der Waals surface area contributed by atoms with Crippen LogP contribution in [0.4, 0.5) is 17.1 Å². The Kier molecular flexibility index (Phi) is 23.9. The van der Waals surface area contributed by atoms with Crippen LogP contribution in [0.15, 0.2) is 255 Å². The predicted octanol–water partition coefficient (Wildman–Crippen LogP) is 32.1. The molecule has 0 N–H and O–H groups in total. The molecule has 0 bridgehead atoms. The van der Waals surface area contributed by atoms with Crippen molar-refractivity contribution in [2.75, 3.05) is 4.90 Å². The minimum Gasteiger partial charge on any atom is -0.453 e. The van der Waals surface area contributed by atoms with E-state index in [1.807, 2.05) is 0 Å². The largest absolute Gasteiger partial charge is 0.453 e. The van der Waals surface area contributed by atoms with Gasteiger partial charge in [0, 0.05) is 11.1 Å². The third-order valence-electron chi connectivity index (χ3n) is 26.6. The van der Waals surface area contributed by atoms with E-state index in [-0.39, 0.29) is 5.41 Å². The van der Waals surface area contributed by atoms with Gasteiger partial charge >= 0.3 is 0 Å². The van der Waals surface area contributed by atoms with E-state index in [0.717, 1.165) is 53.4 Å². The maximum Gasteiger partial charge on any atom is 0.152 e. The van der Waals surface area contributed by atoms with E-state index in [0.29, 0.717) is 0 Å². The Balaban J connectivity index is 0.832. The van der Waals surface area contributed by atoms with E-state index in [4.69, 9.17) is 4.74 Å². The summed E-state index contributed by atoms with van der Waals surface area (Å²) in [5.74, 6) is 1.69. The average Bonchev–Trinajstić information content (AvgIpc) is 1.56. The lowest BCUT2D eigenvalue weighted by Gasteiger charge is -2.36. The summed E-state index contributed by atoms with van der Waals surface area (Å²) in [7, 11) is 0. The Bertz CT molecular complexity index is 5140. The van der Waals surface area contributed by atoms with Crippen molar-refractivity contribution in [1.82, 2.24) is 0 Å². The molecule has 0 atom stereocenters. The molecule has 1 heterocycles. The smallest absolute Gasteiger partial charge is 0.152 e. The summed E-state index contributed by atoms with van der Waals surface area (Å²) < 4.78 is 7.64. The van der Waals surface area contributed by atoms with E-state index in [9.17, 15) is 0 Å². The van der Waals surface area contributed by atoms with Crippen LogP contribution in [-0.2, 0) is 35.5 Å². The van der Waals surface area contributed by atoms with Crippen LogP contribution >= 0.6 is 0 Å². The molecule has 0 fully saturated rings. The van der Waals surface area contributed by atoms with Crippen LogP contribution in [0.25, 0.3) is 55.6 Å². The molecule has 576 valence electrons. The van der Waals surface area contributed by atoms with Gasteiger partial charge < -0.3 is 9.64 Å². The Labute approximate surface area is 678 Å². The number of fused-ring (bicyclic) bond motifs is 11. The molecule has 0 unspecified atom stereocenters. The second kappa shape index (κ2) is 34.9. The molecule has 12 aromatic rings. The average molecular weight is 1490 g/mol. The van der Waals surface area contributed by atoms with Gasteiger partial charge in [-0.3, -0.25) is 0 Å². The monoisotopic (exact) mass is 1480 g/mol. The van der Waals surface area contributed by atoms with Gasteiger partial charge in [-0.2, -0.15) is 0 Å². The Morgan fingerprint density at radius 3 is 1.02 bits per heavy atom. The topological polar surface area (TPSA) is 12.5 Å². The first-order chi connectivity index (χ1) is 55.6. The molecule has 3 aliphatic carbocycles. The summed E-state index contributed by atoms with van der Waals surface area (Å²) in [6.07, 6.45) is 36.3. The van der Waals surface area contributed by atoms with E-state index in [2.05, 4.69) is 308 Å². The zero-order valence-electron chi connectivity index (χ0n) is 69.1. The predicted molar refractivity (Wildman–Crippen MR) is 482 cm³/mol. The zero-order valence-corrected chi connectivity index (χ0v) is 69.1. The molecule has 1 aliphatic heterocycles. The molecule has 0 amide bonds. The SMILES string of the molecule is CCCCCCCCC1(CCCCCCCC)c2ccccc2-c2ccc(-c3ccc4c(c3)Oc3cc(-c5ccc6c(c5)C(c5ccc(CCCCCC)cc5)(c5ccc(CCCCCC)cc5)c5ccccc5-6)ccc3N4c3ccc(C4(c5ccc(CCCCCC)cc5)c5cc(C)ccc5-c5ccc(C)cc54)cc3)cc21. The van der Waals surface area contributed by atoms with Crippen molar-refractivity contribution in [2.24, 2.45) is 0 Å². The summed E-state index contributed by atoms with van der Waals surface area (Å²) in [5, 5.41) is 0. The molecule has 113 heavy (non-hydrogen) atoms. The fourth-order valence-corrected chi connectivity index (χ4v) is 20.6. The highest BCUT2D eigenvalue weighted by Gasteiger charge is 2.49. The molecule has 4 aliphatic rings. The van der Waals surface area contributed by atoms with Gasteiger partial charge in [-0.1, -0.05) is 387 Å². The molecule has 2 nitrogen and oxygen atoms in total. The standard InChI is InChI=1S/C111H121NO/c1-8-13-18-23-25-34-71-109(72-35-26-24-19-14-9-2)99-41-32-30-39-93(99)95-67-51-84(75-101(95)109)86-53-69-105-107(77-86)113-108-78-87(85-52-68-98-94-40-31-33-42-100(94)110(104(98)76-85,88-55-45-81(46-56-88)36-27-20-15-10-3)89-57-47-82(48-58-89)37-28-21-16-11-4)54-70-106(108)112(105)92-63-61-91(62-64-92)111(90-59-49-83(50-60-90)38-29-22-17-12-5)102-73-79(6)43-65-96(102)97-66-44-80(7)74-103(97)111/h30-33,39-70,73-78H,8-29,34-38,71-72H2,1-7H3. The molecule has 12 aromatic carbocycles. The number of unbranched alkanes of at least 4 members (excludes halogenated alkanes) is 19. The van der Waals surface area contributed by atoms with Crippen molar-refractivity contribution in [3.63, 3.8) is 0 Å². The summed E-state index contributed by atoms with van der Waals surface area (Å²) in [6.45, 7) is 16.1. The summed E-state index contributed by atoms with van der Waals surface area (Å²) in [4.78, 5) is 2.49. The third-order valence-corrected chi connectivity index (χ3v) is 26.6. The number of aryl methyl sites for hydroxylation is 5. The Hall–Kier alpha value is -9.76. The number of rotatable bonds is 36. The summed E-state index contributed by atoms with van der Waals surface area (Å²) in [5.41, 5.74) is 35.3. The highest BCUT2D eigenvalue weighted by molar-refractivity contribution is 5.94. The second-order valence-electron chi connectivity index (χ2n) is 34.2. The van der Waals surface area contributed by atoms with E-state index < -0.39 is 10.8 Å². The Morgan fingerprint density at radius 2 is 0.575 bits per heavy atom. The van der Waals surface area contributed by atoms with Gasteiger partial charge in [-0.25, -0.2) is 0 Å². The van der Waals surface area contributed by atoms with Gasteiger partial charge in [0.2, 0.25) is 0 Å². The third kappa shape index (κ3) is 14.9. The van der Waals surface area contributed by atoms with Crippen molar-refractivity contribution in [1.29, 1.82) is 0 Å². The minimum atomic E-state index is -0.550. The number of ether oxygens (including phenoxy) is 1. The number of benzene rings is 12. The quantitative estimate of drug-likeness (QED) is 0.0363. The van der Waals surface area contributed by atoms with Crippen LogP contribution in [0.1, 0.15) is 285 Å². The van der Waals surface area contributed by atoms with Crippen molar-refractivity contribution in [3.05, 3.63) is 338 Å². The van der Waals surface area contributed by atoms with Crippen molar-refractivity contribution < 1.29 is 4.74 Å². The van der Waals surface area contributed by atoms with Gasteiger partial charge in [0.1, 0.15) is 0 Å². The molecular formula is C111H121NO. The first kappa shape index (κ1) is 77.2. The lowest BCUT2D eigenvalue weighted by molar-refractivity contribution is 0.398. The molecule has 16 rings (SSSR count). The van der Waals surface area contributed by atoms with Crippen LogP contribution < -0.4 is 9.64 Å². The first-order valence-corrected chi connectivity index (χ1v) is 44.5. The number of nitrogens with zero attached hydrogens (tertiary/aromatic N) is 1. The molecule has 0 saturated carbocycles. The maximum atomic E-state index is 7.64. The molecular weight excluding hydrogens is 1360 g/mol. The Morgan fingerprint density at radius 1 is 0.257 bits per heavy atom. The van der Waals surface area contributed by atoms with E-state index in [1.54, 1.807) is 5.56 Å². The van der Waals surface area contributed by atoms with Crippen LogP contribution in [-0.4, -0.2) is 0 Å². The highest BCUT2D eigenvalue weighted by Crippen LogP contribution is 2.61. The summed E-state index contributed by atoms with van der Waals surface area (Å²) >= 11 is 0. The van der Waals surface area contributed by atoms with Gasteiger partial charge in [-0.15, -0.1) is 0 Å². The normalized spacial score (nSPS) is 14.0. The molecule has 0 saturated heterocycles. The molecule has 0 spiro atoms. The van der Waals surface area contributed by atoms with Gasteiger partial charge in [0.15, 0.2) is 11.5 Å². The van der Waals surface area contributed by atoms with Crippen molar-refractivity contribution >= 4 is 17.1 Å². The van der Waals surface area contributed by atoms with Gasteiger partial charge in [0.05, 0.1) is 22.2 Å². The van der Waals surface area contributed by atoms with Crippen molar-refractivity contribution in [3.8, 4) is 67.1 Å². The van der Waals surface area contributed by atoms with Crippen LogP contribution in [0, 0.1) is 13.8 Å². The lowest BCUT2D eigenvalue weighted by Crippen LogP contribution is -2.29. The van der Waals surface area contributed by atoms with Gasteiger partial charge in [-0.05, 0) is 242 Å². The van der Waals surface area contributed by atoms with Crippen molar-refractivity contribution in [2.45, 2.75) is 251 Å². The van der Waals surface area contributed by atoms with Crippen LogP contribution in [0.2, 0.25) is 0 Å². The second-order valence-corrected chi connectivity index (χ2v) is 34.2. The molecule has 0 radical (unpaired) electrons. The maximum absolute atomic E-state index is 7.64. The minimum absolute atomic E-state index is 0.0347. The fourth-order valence-electron chi connectivity index (χ4n) is 20.6. The van der Waals surface area contributed by atoms with Gasteiger partial charge in [0.25, 0.3) is 0 Å². The number of anilines is 3. The number of hydrogen-bond donors (Lipinski definition) is 0. The fraction of sp³-hybridized carbons (Fsp3) is 0.351. The van der Waals surface area contributed by atoms with Crippen LogP contribution in [0.5, 0.6) is 11.5 Å². The zero-order chi connectivity index (χ0) is 77.3. The molecule has 0 aromatic heterocycles. The molecule has 2 heteroatoms. The van der Waals surface area contributed by atoms with Crippen LogP contribution in [0.3, 0.4) is 0 Å². The lowest BCUT2D eigenvalue weighted by atomic mass is 9.67. The highest BCUT2D eigenvalue weighted by atomic mass is 16.5. The van der Waals surface area contributed by atoms with E-state index >= 15 is 0 Å².